The minimum Gasteiger partial charge on any atom is -0.442 e. The van der Waals surface area contributed by atoms with Crippen LogP contribution in [0.1, 0.15) is 19.8 Å². The van der Waals surface area contributed by atoms with Gasteiger partial charge in [0.25, 0.3) is 0 Å². The number of ether oxygens (including phenoxy) is 1. The number of carbonyl (C=O) groups excluding carboxylic acids is 1. The Labute approximate surface area is 91.0 Å². The van der Waals surface area contributed by atoms with Gasteiger partial charge < -0.3 is 23.7 Å². The smallest absolute Gasteiger partial charge is 0.442 e. The predicted molar refractivity (Wildman–Crippen MR) is 56.1 cm³/mol. The van der Waals surface area contributed by atoms with Crippen LogP contribution in [0.2, 0.25) is 0 Å². The third-order valence-corrected chi connectivity index (χ3v) is 4.96. The molecule has 0 saturated carbocycles. The first-order valence-corrected chi connectivity index (χ1v) is 6.48. The summed E-state index contributed by atoms with van der Waals surface area (Å²) in [5, 5.41) is 0. The van der Waals surface area contributed by atoms with Gasteiger partial charge >= 0.3 is 14.9 Å². The highest BCUT2D eigenvalue weighted by Crippen LogP contribution is 2.19. The zero-order valence-corrected chi connectivity index (χ0v) is 10.6. The Morgan fingerprint density at radius 2 is 1.73 bits per heavy atom. The highest BCUT2D eigenvalue weighted by atomic mass is 28.4. The van der Waals surface area contributed by atoms with Crippen molar-refractivity contribution in [3.05, 3.63) is 0 Å². The van der Waals surface area contributed by atoms with Crippen LogP contribution in [0.25, 0.3) is 0 Å². The molecule has 6 nitrogen and oxygen atoms in total. The van der Waals surface area contributed by atoms with Crippen molar-refractivity contribution in [1.82, 2.24) is 0 Å². The summed E-state index contributed by atoms with van der Waals surface area (Å²) < 4.78 is 20.6. The van der Waals surface area contributed by atoms with Crippen molar-refractivity contribution >= 4 is 14.9 Å². The van der Waals surface area contributed by atoms with E-state index in [-0.39, 0.29) is 0 Å². The Balaban J connectivity index is 4.73. The second-order valence-corrected chi connectivity index (χ2v) is 6.01. The Bertz CT molecular complexity index is 189. The molecule has 0 aromatic heterocycles. The van der Waals surface area contributed by atoms with Crippen LogP contribution in [-0.2, 0) is 18.0 Å². The monoisotopic (exact) mass is 237 g/mol. The molecule has 90 valence electrons. The molecule has 15 heavy (non-hydrogen) atoms. The van der Waals surface area contributed by atoms with Crippen LogP contribution >= 0.6 is 0 Å². The van der Waals surface area contributed by atoms with Crippen molar-refractivity contribution in [1.29, 1.82) is 0 Å². The highest BCUT2D eigenvalue weighted by molar-refractivity contribution is 6.62. The van der Waals surface area contributed by atoms with Gasteiger partial charge in [-0.05, 0) is 6.42 Å². The van der Waals surface area contributed by atoms with E-state index in [0.29, 0.717) is 6.42 Å². The van der Waals surface area contributed by atoms with Gasteiger partial charge in [-0.15, -0.1) is 0 Å². The van der Waals surface area contributed by atoms with Gasteiger partial charge in [0.1, 0.15) is 0 Å². The molecule has 0 fully saturated rings. The van der Waals surface area contributed by atoms with Crippen molar-refractivity contribution in [3.63, 3.8) is 0 Å². The Hall–Kier alpha value is -0.633. The van der Waals surface area contributed by atoms with E-state index in [1.54, 1.807) is 0 Å². The number of hydrogen-bond acceptors (Lipinski definition) is 5. The first-order chi connectivity index (χ1) is 7.06. The molecule has 0 heterocycles. The average Bonchev–Trinajstić information content (AvgIpc) is 2.21. The van der Waals surface area contributed by atoms with Gasteiger partial charge in [0.2, 0.25) is 0 Å². The molecule has 0 aliphatic carbocycles. The van der Waals surface area contributed by atoms with Gasteiger partial charge in [0.15, 0.2) is 5.73 Å². The lowest BCUT2D eigenvalue weighted by atomic mass is 10.4. The first kappa shape index (κ1) is 14.4. The topological polar surface area (TPSA) is 80.0 Å². The Morgan fingerprint density at radius 3 is 2.00 bits per heavy atom. The second-order valence-electron chi connectivity index (χ2n) is 2.93. The molecule has 0 rings (SSSR count). The fourth-order valence-electron chi connectivity index (χ4n) is 1.35. The van der Waals surface area contributed by atoms with Gasteiger partial charge in [-0.25, -0.2) is 4.79 Å². The van der Waals surface area contributed by atoms with Crippen LogP contribution in [0.15, 0.2) is 0 Å². The Kier molecular flexibility index (Phi) is 6.49. The number of primary amides is 1. The number of carbonyl (C=O) groups is 1. The molecule has 0 aromatic rings. The summed E-state index contributed by atoms with van der Waals surface area (Å²) in [6.45, 7) is 1.96. The molecule has 1 atom stereocenters. The summed E-state index contributed by atoms with van der Waals surface area (Å²) in [5.74, 6) is 0. The lowest BCUT2D eigenvalue weighted by molar-refractivity contribution is 0.0424. The van der Waals surface area contributed by atoms with Crippen molar-refractivity contribution in [2.45, 2.75) is 25.5 Å². The first-order valence-electron chi connectivity index (χ1n) is 4.67. The number of nitrogens with two attached hydrogens (primary N) is 1. The maximum absolute atomic E-state index is 10.7. The van der Waals surface area contributed by atoms with Crippen molar-refractivity contribution in [3.8, 4) is 0 Å². The lowest BCUT2D eigenvalue weighted by Crippen LogP contribution is -2.56. The van der Waals surface area contributed by atoms with E-state index in [0.717, 1.165) is 6.42 Å². The van der Waals surface area contributed by atoms with E-state index in [1.807, 2.05) is 6.92 Å². The average molecular weight is 237 g/mol. The number of hydrogen-bond donors (Lipinski definition) is 1. The van der Waals surface area contributed by atoms with Gasteiger partial charge in [-0.3, -0.25) is 0 Å². The van der Waals surface area contributed by atoms with Crippen LogP contribution in [0.4, 0.5) is 4.79 Å². The second kappa shape index (κ2) is 6.78. The largest absolute Gasteiger partial charge is 0.543 e. The molecular formula is C8H19NO5Si. The van der Waals surface area contributed by atoms with Crippen LogP contribution in [0, 0.1) is 0 Å². The fourth-order valence-corrected chi connectivity index (χ4v) is 3.55. The summed E-state index contributed by atoms with van der Waals surface area (Å²) in [4.78, 5) is 10.7. The van der Waals surface area contributed by atoms with Crippen molar-refractivity contribution < 1.29 is 22.8 Å². The predicted octanol–water partition coefficient (Wildman–Crippen LogP) is 0.668. The quantitative estimate of drug-likeness (QED) is 0.658. The lowest BCUT2D eigenvalue weighted by Gasteiger charge is -2.31. The number of amides is 1. The molecule has 0 saturated heterocycles. The van der Waals surface area contributed by atoms with Crippen LogP contribution in [-0.4, -0.2) is 42.0 Å². The van der Waals surface area contributed by atoms with Gasteiger partial charge in [-0.2, -0.15) is 0 Å². The minimum absolute atomic E-state index is 0.556. The van der Waals surface area contributed by atoms with Gasteiger partial charge in [0, 0.05) is 21.3 Å². The minimum atomic E-state index is -2.95. The van der Waals surface area contributed by atoms with E-state index < -0.39 is 20.6 Å². The third kappa shape index (κ3) is 3.78. The highest BCUT2D eigenvalue weighted by Gasteiger charge is 2.49. The summed E-state index contributed by atoms with van der Waals surface area (Å²) in [6, 6.07) is 0. The molecule has 1 unspecified atom stereocenters. The van der Waals surface area contributed by atoms with Crippen molar-refractivity contribution in [2.24, 2.45) is 5.73 Å². The third-order valence-electron chi connectivity index (χ3n) is 2.06. The zero-order valence-electron chi connectivity index (χ0n) is 9.61. The van der Waals surface area contributed by atoms with E-state index in [4.69, 9.17) is 23.7 Å². The molecule has 0 bridgehead atoms. The van der Waals surface area contributed by atoms with E-state index >= 15 is 0 Å². The molecule has 0 aliphatic heterocycles. The Morgan fingerprint density at radius 1 is 1.27 bits per heavy atom. The summed E-state index contributed by atoms with van der Waals surface area (Å²) in [6.07, 6.45) is 0.546. The summed E-state index contributed by atoms with van der Waals surface area (Å²) in [5.41, 5.74) is 4.42. The molecule has 0 spiro atoms. The normalized spacial score (nSPS) is 13.6. The molecule has 1 amide bonds. The van der Waals surface area contributed by atoms with Gasteiger partial charge in [0.05, 0.1) is 0 Å². The fraction of sp³-hybridized carbons (Fsp3) is 0.875. The maximum Gasteiger partial charge on any atom is 0.543 e. The van der Waals surface area contributed by atoms with E-state index in [9.17, 15) is 4.79 Å². The maximum atomic E-state index is 10.7. The molecule has 0 aliphatic rings. The zero-order chi connectivity index (χ0) is 11.9. The van der Waals surface area contributed by atoms with Crippen molar-refractivity contribution in [2.75, 3.05) is 21.3 Å². The molecule has 2 N–H and O–H groups in total. The molecule has 0 aromatic carbocycles. The van der Waals surface area contributed by atoms with Crippen LogP contribution in [0.5, 0.6) is 0 Å². The standard InChI is InChI=1S/C8H19NO5Si/c1-5-6-7(14-8(9)10)15(11-2,12-3)13-4/h7H,5-6H2,1-4H3,(H2,9,10). The summed E-state index contributed by atoms with van der Waals surface area (Å²) in [7, 11) is 1.44. The SMILES string of the molecule is CCCC(OC(N)=O)[Si](OC)(OC)OC. The van der Waals surface area contributed by atoms with Gasteiger partial charge in [-0.1, -0.05) is 13.3 Å². The van der Waals surface area contributed by atoms with E-state index in [1.165, 1.54) is 21.3 Å². The van der Waals surface area contributed by atoms with E-state index in [2.05, 4.69) is 0 Å². The van der Waals surface area contributed by atoms with Crippen LogP contribution < -0.4 is 5.73 Å². The molecule has 0 radical (unpaired) electrons. The summed E-state index contributed by atoms with van der Waals surface area (Å²) >= 11 is 0. The molecular weight excluding hydrogens is 218 g/mol. The van der Waals surface area contributed by atoms with Crippen LogP contribution in [0.3, 0.4) is 0 Å². The molecule has 7 heteroatoms. The number of rotatable bonds is 7.